The Morgan fingerprint density at radius 2 is 1.65 bits per heavy atom. The van der Waals surface area contributed by atoms with Crippen LogP contribution in [0.2, 0.25) is 32.2 Å². The number of benzene rings is 1. The second-order valence-corrected chi connectivity index (χ2v) is 14.0. The topological polar surface area (TPSA) is 29.5 Å². The smallest absolute Gasteiger partial charge is 0.205 e. The lowest BCUT2D eigenvalue weighted by Gasteiger charge is -2.34. The van der Waals surface area contributed by atoms with Gasteiger partial charge >= 0.3 is 0 Å². The first-order valence-electron chi connectivity index (χ1n) is 6.24. The molecule has 0 unspecified atom stereocenters. The van der Waals surface area contributed by atoms with Gasteiger partial charge in [0.15, 0.2) is 8.32 Å². The summed E-state index contributed by atoms with van der Waals surface area (Å²) in [5, 5.41) is 10.3. The highest BCUT2D eigenvalue weighted by molar-refractivity contribution is 6.92. The molecule has 0 saturated carbocycles. The van der Waals surface area contributed by atoms with Crippen molar-refractivity contribution in [1.82, 2.24) is 0 Å². The van der Waals surface area contributed by atoms with Gasteiger partial charge in [-0.05, 0) is 43.8 Å². The van der Waals surface area contributed by atoms with Crippen LogP contribution in [0.1, 0.15) is 6.42 Å². The molecule has 1 rings (SSSR count). The molecule has 1 N–H and O–H groups in total. The number of hydrogen-bond acceptors (Lipinski definition) is 2. The molecule has 4 heteroatoms. The molecular formula is C13H24O2Si2. The molecule has 0 aliphatic heterocycles. The summed E-state index contributed by atoms with van der Waals surface area (Å²) in [7, 11) is -3.43. The summed E-state index contributed by atoms with van der Waals surface area (Å²) in [4.78, 5) is 0. The minimum Gasteiger partial charge on any atom is -0.452 e. The number of rotatable bonds is 6. The number of hydrogen-bond donors (Lipinski definition) is 1. The summed E-state index contributed by atoms with van der Waals surface area (Å²) in [6, 6.07) is 11.6. The van der Waals surface area contributed by atoms with Crippen LogP contribution in [-0.2, 0) is 4.12 Å². The summed E-state index contributed by atoms with van der Waals surface area (Å²) in [5.41, 5.74) is 0. The van der Waals surface area contributed by atoms with Gasteiger partial charge in [0, 0.05) is 6.61 Å². The van der Waals surface area contributed by atoms with Crippen molar-refractivity contribution in [3.8, 4) is 0 Å². The van der Waals surface area contributed by atoms with Crippen molar-refractivity contribution in [2.45, 2.75) is 38.7 Å². The van der Waals surface area contributed by atoms with E-state index in [4.69, 9.17) is 9.22 Å². The Morgan fingerprint density at radius 3 is 2.18 bits per heavy atom. The normalized spacial score (nSPS) is 12.8. The molecule has 0 heterocycles. The van der Waals surface area contributed by atoms with Crippen LogP contribution < -0.4 is 5.19 Å². The average molecular weight is 269 g/mol. The SMILES string of the molecule is C[Si](C)(CCCO)O[Si](C)(C)c1ccccc1. The molecule has 96 valence electrons. The lowest BCUT2D eigenvalue weighted by Crippen LogP contribution is -2.52. The fraction of sp³-hybridized carbons (Fsp3) is 0.538. The highest BCUT2D eigenvalue weighted by Gasteiger charge is 2.33. The van der Waals surface area contributed by atoms with E-state index in [0.29, 0.717) is 0 Å². The van der Waals surface area contributed by atoms with Crippen molar-refractivity contribution in [3.63, 3.8) is 0 Å². The highest BCUT2D eigenvalue weighted by atomic mass is 28.4. The largest absolute Gasteiger partial charge is 0.452 e. The first-order chi connectivity index (χ1) is 7.87. The Balaban J connectivity index is 2.72. The standard InChI is InChI=1S/C13H24O2Si2/c1-16(2,12-8-11-14)15-17(3,4)13-9-6-5-7-10-13/h5-7,9-10,14H,8,11-12H2,1-4H3. The first kappa shape index (κ1) is 14.6. The zero-order valence-corrected chi connectivity index (χ0v) is 13.4. The zero-order chi connectivity index (χ0) is 12.9. The minimum absolute atomic E-state index is 0.271. The second-order valence-electron chi connectivity index (χ2n) is 5.57. The van der Waals surface area contributed by atoms with Gasteiger partial charge in [0.05, 0.1) is 0 Å². The third kappa shape index (κ3) is 4.75. The average Bonchev–Trinajstić information content (AvgIpc) is 2.26. The molecule has 0 aliphatic carbocycles. The fourth-order valence-corrected chi connectivity index (χ4v) is 10.6. The van der Waals surface area contributed by atoms with Gasteiger partial charge in [0.2, 0.25) is 8.32 Å². The molecule has 17 heavy (non-hydrogen) atoms. The van der Waals surface area contributed by atoms with Crippen molar-refractivity contribution in [2.24, 2.45) is 0 Å². The summed E-state index contributed by atoms with van der Waals surface area (Å²) < 4.78 is 6.48. The number of aliphatic hydroxyl groups is 1. The Labute approximate surface area is 107 Å². The maximum atomic E-state index is 8.92. The molecule has 0 aliphatic rings. The van der Waals surface area contributed by atoms with Crippen molar-refractivity contribution in [1.29, 1.82) is 0 Å². The van der Waals surface area contributed by atoms with Gasteiger partial charge in [-0.25, -0.2) is 0 Å². The van der Waals surface area contributed by atoms with Crippen LogP contribution in [0.15, 0.2) is 30.3 Å². The molecule has 0 aromatic heterocycles. The predicted octanol–water partition coefficient (Wildman–Crippen LogP) is 2.70. The molecule has 0 atom stereocenters. The Morgan fingerprint density at radius 1 is 1.06 bits per heavy atom. The van der Waals surface area contributed by atoms with E-state index in [9.17, 15) is 0 Å². The number of aliphatic hydroxyl groups excluding tert-OH is 1. The summed E-state index contributed by atoms with van der Waals surface area (Å²) >= 11 is 0. The molecule has 0 bridgehead atoms. The molecule has 2 nitrogen and oxygen atoms in total. The van der Waals surface area contributed by atoms with E-state index < -0.39 is 16.6 Å². The predicted molar refractivity (Wildman–Crippen MR) is 78.6 cm³/mol. The van der Waals surface area contributed by atoms with E-state index in [1.807, 2.05) is 6.07 Å². The summed E-state index contributed by atoms with van der Waals surface area (Å²) in [5.74, 6) is 0. The van der Waals surface area contributed by atoms with Crippen LogP contribution in [0.25, 0.3) is 0 Å². The van der Waals surface area contributed by atoms with Crippen LogP contribution in [0, 0.1) is 0 Å². The molecule has 1 aromatic rings. The van der Waals surface area contributed by atoms with Crippen LogP contribution in [-0.4, -0.2) is 28.3 Å². The Bertz CT molecular complexity index is 337. The van der Waals surface area contributed by atoms with Gasteiger partial charge < -0.3 is 9.22 Å². The fourth-order valence-electron chi connectivity index (χ4n) is 2.14. The van der Waals surface area contributed by atoms with E-state index in [-0.39, 0.29) is 6.61 Å². The maximum Gasteiger partial charge on any atom is 0.205 e. The van der Waals surface area contributed by atoms with Crippen LogP contribution in [0.5, 0.6) is 0 Å². The van der Waals surface area contributed by atoms with Gasteiger partial charge in [-0.15, -0.1) is 0 Å². The molecule has 0 saturated heterocycles. The zero-order valence-electron chi connectivity index (χ0n) is 11.4. The molecular weight excluding hydrogens is 244 g/mol. The van der Waals surface area contributed by atoms with Gasteiger partial charge in [0.1, 0.15) is 0 Å². The lowest BCUT2D eigenvalue weighted by atomic mass is 10.4. The maximum absolute atomic E-state index is 8.92. The molecule has 0 spiro atoms. The molecule has 0 radical (unpaired) electrons. The Hall–Kier alpha value is -0.426. The van der Waals surface area contributed by atoms with Gasteiger partial charge in [-0.3, -0.25) is 0 Å². The van der Waals surface area contributed by atoms with Crippen LogP contribution in [0.3, 0.4) is 0 Å². The summed E-state index contributed by atoms with van der Waals surface area (Å²) in [6.45, 7) is 9.29. The van der Waals surface area contributed by atoms with Crippen molar-refractivity contribution in [2.75, 3.05) is 6.61 Å². The van der Waals surface area contributed by atoms with Gasteiger partial charge in [-0.1, -0.05) is 30.3 Å². The highest BCUT2D eigenvalue weighted by Crippen LogP contribution is 2.19. The minimum atomic E-state index is -1.78. The quantitative estimate of drug-likeness (QED) is 0.804. The van der Waals surface area contributed by atoms with Crippen molar-refractivity contribution < 1.29 is 9.22 Å². The van der Waals surface area contributed by atoms with Crippen molar-refractivity contribution in [3.05, 3.63) is 30.3 Å². The Kier molecular flexibility index (Phi) is 5.12. The first-order valence-corrected chi connectivity index (χ1v) is 12.3. The van der Waals surface area contributed by atoms with Crippen LogP contribution >= 0.6 is 0 Å². The molecule has 1 aromatic carbocycles. The third-order valence-electron chi connectivity index (χ3n) is 2.94. The summed E-state index contributed by atoms with van der Waals surface area (Å²) in [6.07, 6.45) is 0.860. The van der Waals surface area contributed by atoms with E-state index in [1.54, 1.807) is 0 Å². The second kappa shape index (κ2) is 5.95. The van der Waals surface area contributed by atoms with Crippen LogP contribution in [0.4, 0.5) is 0 Å². The third-order valence-corrected chi connectivity index (χ3v) is 10.5. The molecule has 0 fully saturated rings. The van der Waals surface area contributed by atoms with E-state index in [0.717, 1.165) is 12.5 Å². The monoisotopic (exact) mass is 268 g/mol. The van der Waals surface area contributed by atoms with Crippen molar-refractivity contribution >= 4 is 21.8 Å². The van der Waals surface area contributed by atoms with E-state index >= 15 is 0 Å². The molecule has 0 amide bonds. The van der Waals surface area contributed by atoms with E-state index in [1.165, 1.54) is 5.19 Å². The van der Waals surface area contributed by atoms with Gasteiger partial charge in [-0.2, -0.15) is 0 Å². The van der Waals surface area contributed by atoms with Gasteiger partial charge in [0.25, 0.3) is 0 Å². The lowest BCUT2D eigenvalue weighted by molar-refractivity contribution is 0.292. The van der Waals surface area contributed by atoms with E-state index in [2.05, 4.69) is 50.5 Å².